The number of benzene rings is 2. The molecule has 3 aromatic rings. The molecule has 0 unspecified atom stereocenters. The van der Waals surface area contributed by atoms with Gasteiger partial charge in [-0.2, -0.15) is 0 Å². The molecule has 148 valence electrons. The molecular formula is C22H21N3O4. The number of fused-ring (bicyclic) bond motifs is 2. The number of imide groups is 1. The van der Waals surface area contributed by atoms with E-state index in [0.717, 1.165) is 15.9 Å². The Morgan fingerprint density at radius 3 is 2.14 bits per heavy atom. The number of ether oxygens (including phenoxy) is 1. The minimum atomic E-state index is -1.02. The number of aromatic amines is 1. The summed E-state index contributed by atoms with van der Waals surface area (Å²) in [6.07, 6.45) is -0.661. The number of nitrogens with zero attached hydrogens (tertiary/aromatic N) is 2. The summed E-state index contributed by atoms with van der Waals surface area (Å²) in [6.45, 7) is 5.26. The van der Waals surface area contributed by atoms with Crippen LogP contribution in [0.25, 0.3) is 11.0 Å². The number of aromatic nitrogens is 2. The van der Waals surface area contributed by atoms with Gasteiger partial charge in [-0.25, -0.2) is 9.78 Å². The molecule has 1 aliphatic heterocycles. The summed E-state index contributed by atoms with van der Waals surface area (Å²) in [5.74, 6) is -1.39. The van der Waals surface area contributed by atoms with Crippen molar-refractivity contribution in [1.82, 2.24) is 14.9 Å². The lowest BCUT2D eigenvalue weighted by atomic mass is 10.0. The summed E-state index contributed by atoms with van der Waals surface area (Å²) >= 11 is 0. The predicted molar refractivity (Wildman–Crippen MR) is 106 cm³/mol. The maximum atomic E-state index is 13.0. The molecule has 2 atom stereocenters. The standard InChI is InChI=1S/C22H21N3O4/c1-12(2)18(25-20(26)14-8-4-5-9-15(14)21(25)27)22(28)29-13(3)19-23-16-10-6-7-11-17(16)24-19/h4-13,18H,1-3H3,(H,23,24)/t13-,18+/m0/s1. The minimum absolute atomic E-state index is 0.307. The van der Waals surface area contributed by atoms with E-state index < -0.39 is 29.9 Å². The van der Waals surface area contributed by atoms with Gasteiger partial charge in [0.05, 0.1) is 22.2 Å². The third-order valence-electron chi connectivity index (χ3n) is 5.06. The van der Waals surface area contributed by atoms with E-state index in [1.54, 1.807) is 45.0 Å². The zero-order valence-electron chi connectivity index (χ0n) is 16.4. The molecule has 0 saturated heterocycles. The van der Waals surface area contributed by atoms with Crippen LogP contribution in [0, 0.1) is 5.92 Å². The summed E-state index contributed by atoms with van der Waals surface area (Å²) in [5.41, 5.74) is 2.22. The number of rotatable bonds is 5. The van der Waals surface area contributed by atoms with E-state index in [2.05, 4.69) is 9.97 Å². The highest BCUT2D eigenvalue weighted by Crippen LogP contribution is 2.29. The zero-order chi connectivity index (χ0) is 20.7. The van der Waals surface area contributed by atoms with Crippen molar-refractivity contribution in [3.63, 3.8) is 0 Å². The van der Waals surface area contributed by atoms with Crippen LogP contribution in [-0.4, -0.2) is 38.7 Å². The second-order valence-electron chi connectivity index (χ2n) is 7.43. The van der Waals surface area contributed by atoms with Crippen LogP contribution in [0.3, 0.4) is 0 Å². The third kappa shape index (κ3) is 3.18. The first-order chi connectivity index (χ1) is 13.9. The van der Waals surface area contributed by atoms with E-state index in [1.165, 1.54) is 0 Å². The fourth-order valence-corrected chi connectivity index (χ4v) is 3.60. The molecule has 29 heavy (non-hydrogen) atoms. The number of amides is 2. The molecule has 0 bridgehead atoms. The van der Waals surface area contributed by atoms with Gasteiger partial charge < -0.3 is 9.72 Å². The summed E-state index contributed by atoms with van der Waals surface area (Å²) in [6, 6.07) is 13.1. The molecule has 0 fully saturated rings. The van der Waals surface area contributed by atoms with Crippen molar-refractivity contribution in [2.45, 2.75) is 32.9 Å². The number of esters is 1. The van der Waals surface area contributed by atoms with Crippen molar-refractivity contribution in [3.05, 3.63) is 65.5 Å². The first-order valence-corrected chi connectivity index (χ1v) is 9.50. The Balaban J connectivity index is 1.58. The minimum Gasteiger partial charge on any atom is -0.453 e. The molecule has 0 aliphatic carbocycles. The average Bonchev–Trinajstić information content (AvgIpc) is 3.24. The molecule has 7 heteroatoms. The van der Waals surface area contributed by atoms with Gasteiger partial charge in [0.2, 0.25) is 0 Å². The van der Waals surface area contributed by atoms with Crippen molar-refractivity contribution in [2.75, 3.05) is 0 Å². The lowest BCUT2D eigenvalue weighted by Crippen LogP contribution is -2.48. The first kappa shape index (κ1) is 18.9. The van der Waals surface area contributed by atoms with Crippen LogP contribution in [0.1, 0.15) is 53.4 Å². The number of para-hydroxylation sites is 2. The second kappa shape index (κ2) is 7.16. The maximum absolute atomic E-state index is 13.0. The molecule has 2 aromatic carbocycles. The van der Waals surface area contributed by atoms with Gasteiger partial charge in [-0.3, -0.25) is 14.5 Å². The molecule has 1 aromatic heterocycles. The van der Waals surface area contributed by atoms with Gasteiger partial charge >= 0.3 is 5.97 Å². The van der Waals surface area contributed by atoms with Crippen LogP contribution in [0.2, 0.25) is 0 Å². The monoisotopic (exact) mass is 391 g/mol. The van der Waals surface area contributed by atoms with Crippen LogP contribution in [0.4, 0.5) is 0 Å². The second-order valence-corrected chi connectivity index (χ2v) is 7.43. The fourth-order valence-electron chi connectivity index (χ4n) is 3.60. The van der Waals surface area contributed by atoms with Crippen molar-refractivity contribution in [3.8, 4) is 0 Å². The van der Waals surface area contributed by atoms with Crippen molar-refractivity contribution in [2.24, 2.45) is 5.92 Å². The largest absolute Gasteiger partial charge is 0.453 e. The topological polar surface area (TPSA) is 92.4 Å². The first-order valence-electron chi connectivity index (χ1n) is 9.50. The van der Waals surface area contributed by atoms with Gasteiger partial charge in [-0.1, -0.05) is 38.1 Å². The van der Waals surface area contributed by atoms with Crippen molar-refractivity contribution >= 4 is 28.8 Å². The SMILES string of the molecule is CC(C)[C@H](C(=O)O[C@@H](C)c1nc2ccccc2[nH]1)N1C(=O)c2ccccc2C1=O. The van der Waals surface area contributed by atoms with Crippen LogP contribution in [0.5, 0.6) is 0 Å². The lowest BCUT2D eigenvalue weighted by molar-refractivity contribution is -0.155. The van der Waals surface area contributed by atoms with E-state index in [-0.39, 0.29) is 5.92 Å². The molecule has 0 saturated carbocycles. The van der Waals surface area contributed by atoms with Gasteiger partial charge in [0, 0.05) is 0 Å². The van der Waals surface area contributed by atoms with E-state index >= 15 is 0 Å². The zero-order valence-corrected chi connectivity index (χ0v) is 16.4. The predicted octanol–water partition coefficient (Wildman–Crippen LogP) is 3.49. The van der Waals surface area contributed by atoms with Crippen LogP contribution >= 0.6 is 0 Å². The maximum Gasteiger partial charge on any atom is 0.330 e. The van der Waals surface area contributed by atoms with Crippen LogP contribution < -0.4 is 0 Å². The molecule has 1 N–H and O–H groups in total. The molecule has 2 heterocycles. The lowest BCUT2D eigenvalue weighted by Gasteiger charge is -2.28. The van der Waals surface area contributed by atoms with Crippen molar-refractivity contribution < 1.29 is 19.1 Å². The number of H-pyrrole nitrogens is 1. The Kier molecular flexibility index (Phi) is 4.66. The van der Waals surface area contributed by atoms with E-state index in [1.807, 2.05) is 24.3 Å². The number of hydrogen-bond acceptors (Lipinski definition) is 5. The molecule has 4 rings (SSSR count). The highest BCUT2D eigenvalue weighted by molar-refractivity contribution is 6.22. The third-order valence-corrected chi connectivity index (χ3v) is 5.06. The number of carbonyl (C=O) groups is 3. The quantitative estimate of drug-likeness (QED) is 0.531. The molecular weight excluding hydrogens is 370 g/mol. The Morgan fingerprint density at radius 2 is 1.55 bits per heavy atom. The van der Waals surface area contributed by atoms with E-state index in [0.29, 0.717) is 17.0 Å². The van der Waals surface area contributed by atoms with Gasteiger partial charge in [0.1, 0.15) is 11.9 Å². The Bertz CT molecular complexity index is 1050. The smallest absolute Gasteiger partial charge is 0.330 e. The summed E-state index contributed by atoms with van der Waals surface area (Å²) in [5, 5.41) is 0. The number of carbonyl (C=O) groups excluding carboxylic acids is 3. The van der Waals surface area contributed by atoms with Gasteiger partial charge in [-0.05, 0) is 37.1 Å². The van der Waals surface area contributed by atoms with Gasteiger partial charge in [0.25, 0.3) is 11.8 Å². The average molecular weight is 391 g/mol. The van der Waals surface area contributed by atoms with Gasteiger partial charge in [-0.15, -0.1) is 0 Å². The van der Waals surface area contributed by atoms with Crippen molar-refractivity contribution in [1.29, 1.82) is 0 Å². The fraction of sp³-hybridized carbons (Fsp3) is 0.273. The molecule has 0 radical (unpaired) electrons. The molecule has 1 aliphatic rings. The summed E-state index contributed by atoms with van der Waals surface area (Å²) in [4.78, 5) is 47.2. The van der Waals surface area contributed by atoms with Gasteiger partial charge in [0.15, 0.2) is 6.10 Å². The highest BCUT2D eigenvalue weighted by atomic mass is 16.5. The number of imidazole rings is 1. The molecule has 0 spiro atoms. The van der Waals surface area contributed by atoms with Crippen LogP contribution in [0.15, 0.2) is 48.5 Å². The Labute approximate surface area is 167 Å². The summed E-state index contributed by atoms with van der Waals surface area (Å²) < 4.78 is 5.62. The normalized spacial score (nSPS) is 15.7. The Morgan fingerprint density at radius 1 is 0.966 bits per heavy atom. The Hall–Kier alpha value is -3.48. The van der Waals surface area contributed by atoms with E-state index in [4.69, 9.17) is 4.74 Å². The molecule has 7 nitrogen and oxygen atoms in total. The van der Waals surface area contributed by atoms with E-state index in [9.17, 15) is 14.4 Å². The van der Waals surface area contributed by atoms with Crippen LogP contribution in [-0.2, 0) is 9.53 Å². The molecule has 2 amide bonds. The summed E-state index contributed by atoms with van der Waals surface area (Å²) in [7, 11) is 0. The highest BCUT2D eigenvalue weighted by Gasteiger charge is 2.45. The number of nitrogens with one attached hydrogen (secondary N) is 1. The number of hydrogen-bond donors (Lipinski definition) is 1.